The van der Waals surface area contributed by atoms with Crippen LogP contribution in [0, 0.1) is 5.82 Å². The van der Waals surface area contributed by atoms with Gasteiger partial charge in [0, 0.05) is 24.1 Å². The van der Waals surface area contributed by atoms with E-state index in [0.717, 1.165) is 15.6 Å². The molecule has 1 saturated heterocycles. The van der Waals surface area contributed by atoms with Crippen molar-refractivity contribution < 1.29 is 13.9 Å². The zero-order valence-electron chi connectivity index (χ0n) is 14.2. The number of benzene rings is 2. The lowest BCUT2D eigenvalue weighted by Crippen LogP contribution is -2.26. The van der Waals surface area contributed by atoms with Gasteiger partial charge in [-0.2, -0.15) is 0 Å². The molecule has 7 heteroatoms. The average Bonchev–Trinajstić information content (AvgIpc) is 2.79. The van der Waals surface area contributed by atoms with E-state index in [1.807, 2.05) is 12.1 Å². The third kappa shape index (κ3) is 3.78. The second-order valence-electron chi connectivity index (χ2n) is 5.84. The Bertz CT molecular complexity index is 916. The van der Waals surface area contributed by atoms with Gasteiger partial charge in [-0.1, -0.05) is 28.1 Å². The summed E-state index contributed by atoms with van der Waals surface area (Å²) in [4.78, 5) is 15.5. The second kappa shape index (κ2) is 7.55. The first-order chi connectivity index (χ1) is 12.4. The molecule has 0 saturated carbocycles. The lowest BCUT2D eigenvalue weighted by atomic mass is 10.1. The molecule has 1 fully saturated rings. The van der Waals surface area contributed by atoms with Crippen molar-refractivity contribution in [2.45, 2.75) is 6.61 Å². The van der Waals surface area contributed by atoms with Crippen LogP contribution in [0.5, 0.6) is 5.75 Å². The fraction of sp³-hybridized carbons (Fsp3) is 0.158. The zero-order valence-corrected chi connectivity index (χ0v) is 16.6. The largest absolute Gasteiger partial charge is 0.488 e. The van der Waals surface area contributed by atoms with Crippen molar-refractivity contribution >= 4 is 45.2 Å². The van der Waals surface area contributed by atoms with Crippen molar-refractivity contribution in [2.24, 2.45) is 0 Å². The van der Waals surface area contributed by atoms with Crippen molar-refractivity contribution in [3.8, 4) is 5.75 Å². The van der Waals surface area contributed by atoms with Crippen molar-refractivity contribution in [3.63, 3.8) is 0 Å². The van der Waals surface area contributed by atoms with Crippen LogP contribution >= 0.6 is 28.1 Å². The van der Waals surface area contributed by atoms with Gasteiger partial charge in [-0.3, -0.25) is 9.69 Å². The summed E-state index contributed by atoms with van der Waals surface area (Å²) in [5.41, 5.74) is 1.91. The molecule has 0 N–H and O–H groups in total. The van der Waals surface area contributed by atoms with Gasteiger partial charge in [0.1, 0.15) is 23.9 Å². The van der Waals surface area contributed by atoms with Crippen molar-refractivity contribution in [2.75, 3.05) is 14.1 Å². The minimum absolute atomic E-state index is 0.173. The molecule has 4 nitrogen and oxygen atoms in total. The van der Waals surface area contributed by atoms with E-state index in [4.69, 9.17) is 17.0 Å². The number of rotatable bonds is 4. The molecule has 0 aliphatic carbocycles. The Labute approximate surface area is 165 Å². The van der Waals surface area contributed by atoms with Crippen LogP contribution < -0.4 is 4.74 Å². The number of ether oxygens (including phenoxy) is 1. The molecule has 26 heavy (non-hydrogen) atoms. The van der Waals surface area contributed by atoms with Gasteiger partial charge in [0.2, 0.25) is 0 Å². The third-order valence-corrected chi connectivity index (χ3v) is 5.05. The minimum atomic E-state index is -0.307. The molecule has 1 aliphatic rings. The molecule has 2 aromatic carbocycles. The maximum atomic E-state index is 13.3. The van der Waals surface area contributed by atoms with E-state index in [9.17, 15) is 9.18 Å². The quantitative estimate of drug-likeness (QED) is 0.533. The van der Waals surface area contributed by atoms with E-state index in [1.54, 1.807) is 43.3 Å². The topological polar surface area (TPSA) is 32.8 Å². The van der Waals surface area contributed by atoms with Crippen molar-refractivity contribution in [1.82, 2.24) is 9.80 Å². The Balaban J connectivity index is 1.90. The summed E-state index contributed by atoms with van der Waals surface area (Å²) >= 11 is 8.67. The summed E-state index contributed by atoms with van der Waals surface area (Å²) in [6.45, 7) is 0.220. The normalized spacial score (nSPS) is 15.9. The number of carbonyl (C=O) groups excluding carboxylic acids is 1. The van der Waals surface area contributed by atoms with Gasteiger partial charge >= 0.3 is 0 Å². The van der Waals surface area contributed by atoms with E-state index in [2.05, 4.69) is 15.9 Å². The van der Waals surface area contributed by atoms with Crippen LogP contribution in [0.25, 0.3) is 6.08 Å². The summed E-state index contributed by atoms with van der Waals surface area (Å²) in [5.74, 6) is 0.110. The third-order valence-electron chi connectivity index (χ3n) is 4.01. The fourth-order valence-electron chi connectivity index (χ4n) is 2.59. The molecule has 0 unspecified atom stereocenters. The molecule has 1 aliphatic heterocycles. The summed E-state index contributed by atoms with van der Waals surface area (Å²) in [6, 6.07) is 11.8. The first kappa shape index (κ1) is 18.5. The highest BCUT2D eigenvalue weighted by molar-refractivity contribution is 9.10. The molecular formula is C19H16BrFN2O2S. The summed E-state index contributed by atoms with van der Waals surface area (Å²) in [6.07, 6.45) is 1.74. The van der Waals surface area contributed by atoms with Crippen molar-refractivity contribution in [3.05, 3.63) is 69.6 Å². The van der Waals surface area contributed by atoms with Crippen molar-refractivity contribution in [1.29, 1.82) is 0 Å². The first-order valence-electron chi connectivity index (χ1n) is 7.81. The van der Waals surface area contributed by atoms with E-state index < -0.39 is 0 Å². The zero-order chi connectivity index (χ0) is 18.8. The van der Waals surface area contributed by atoms with E-state index in [-0.39, 0.29) is 18.3 Å². The van der Waals surface area contributed by atoms with E-state index in [0.29, 0.717) is 16.6 Å². The number of carbonyl (C=O) groups is 1. The number of likely N-dealkylation sites (N-methyl/N-ethyl adjacent to an activating group) is 2. The van der Waals surface area contributed by atoms with Gasteiger partial charge in [0.25, 0.3) is 5.91 Å². The SMILES string of the molecule is CN1C(=O)/C(=C/c2cc(Br)ccc2OCc2cccc(F)c2)N(C)C1=S. The molecule has 0 radical (unpaired) electrons. The van der Waals surface area contributed by atoms with Crippen LogP contribution in [0.3, 0.4) is 0 Å². The highest BCUT2D eigenvalue weighted by atomic mass is 79.9. The monoisotopic (exact) mass is 434 g/mol. The number of hydrogen-bond acceptors (Lipinski definition) is 3. The van der Waals surface area contributed by atoms with Crippen LogP contribution in [0.2, 0.25) is 0 Å². The molecule has 0 aromatic heterocycles. The molecule has 134 valence electrons. The Morgan fingerprint density at radius 3 is 2.62 bits per heavy atom. The van der Waals surface area contributed by atoms with Gasteiger partial charge in [0.15, 0.2) is 5.11 Å². The average molecular weight is 435 g/mol. The Morgan fingerprint density at radius 1 is 1.19 bits per heavy atom. The number of nitrogens with zero attached hydrogens (tertiary/aromatic N) is 2. The Hall–Kier alpha value is -2.25. The first-order valence-corrected chi connectivity index (χ1v) is 9.01. The van der Waals surface area contributed by atoms with Gasteiger partial charge in [-0.15, -0.1) is 0 Å². The van der Waals surface area contributed by atoms with Crippen LogP contribution in [-0.4, -0.2) is 34.9 Å². The molecule has 0 bridgehead atoms. The highest BCUT2D eigenvalue weighted by Crippen LogP contribution is 2.29. The number of thiocarbonyl (C=S) groups is 1. The molecule has 1 amide bonds. The lowest BCUT2D eigenvalue weighted by molar-refractivity contribution is -0.121. The van der Waals surface area contributed by atoms with Gasteiger partial charge in [-0.25, -0.2) is 4.39 Å². The predicted octanol–water partition coefficient (Wildman–Crippen LogP) is 4.20. The van der Waals surface area contributed by atoms with E-state index in [1.165, 1.54) is 17.0 Å². The van der Waals surface area contributed by atoms with Crippen LogP contribution in [-0.2, 0) is 11.4 Å². The van der Waals surface area contributed by atoms with Gasteiger partial charge < -0.3 is 9.64 Å². The summed E-state index contributed by atoms with van der Waals surface area (Å²) < 4.78 is 20.0. The van der Waals surface area contributed by atoms with E-state index >= 15 is 0 Å². The Kier molecular flexibility index (Phi) is 5.38. The molecule has 0 spiro atoms. The minimum Gasteiger partial charge on any atom is -0.488 e. The molecule has 0 atom stereocenters. The smallest absolute Gasteiger partial charge is 0.276 e. The Morgan fingerprint density at radius 2 is 1.96 bits per heavy atom. The number of amides is 1. The summed E-state index contributed by atoms with van der Waals surface area (Å²) in [7, 11) is 3.39. The maximum Gasteiger partial charge on any atom is 0.276 e. The second-order valence-corrected chi connectivity index (χ2v) is 7.12. The van der Waals surface area contributed by atoms with Gasteiger partial charge in [0.05, 0.1) is 0 Å². The van der Waals surface area contributed by atoms with Gasteiger partial charge in [-0.05, 0) is 54.2 Å². The lowest BCUT2D eigenvalue weighted by Gasteiger charge is -2.13. The maximum absolute atomic E-state index is 13.3. The number of hydrogen-bond donors (Lipinski definition) is 0. The predicted molar refractivity (Wildman–Crippen MR) is 106 cm³/mol. The standard InChI is InChI=1S/C19H16BrFN2O2S/c1-22-16(18(24)23(2)19(22)26)10-13-9-14(20)6-7-17(13)25-11-12-4-3-5-15(21)8-12/h3-10H,11H2,1-2H3/b16-10-. The van der Waals surface area contributed by atoms with Crippen LogP contribution in [0.15, 0.2) is 52.6 Å². The fourth-order valence-corrected chi connectivity index (χ4v) is 3.15. The molecule has 2 aromatic rings. The number of halogens is 2. The molecule has 3 rings (SSSR count). The summed E-state index contributed by atoms with van der Waals surface area (Å²) in [5, 5.41) is 0.443. The van der Waals surface area contributed by atoms with Crippen LogP contribution in [0.4, 0.5) is 4.39 Å². The van der Waals surface area contributed by atoms with Crippen LogP contribution in [0.1, 0.15) is 11.1 Å². The molecular weight excluding hydrogens is 419 g/mol. The molecule has 1 heterocycles. The highest BCUT2D eigenvalue weighted by Gasteiger charge is 2.32.